The fourth-order valence-electron chi connectivity index (χ4n) is 5.94. The normalized spacial score (nSPS) is 16.6. The molecule has 14 heteroatoms. The lowest BCUT2D eigenvalue weighted by Gasteiger charge is -2.30. The number of aromatic nitrogens is 7. The maximum atomic E-state index is 14.4. The molecule has 1 N–H and O–H groups in total. The van der Waals surface area contributed by atoms with Gasteiger partial charge in [0, 0.05) is 42.4 Å². The number of carbonyl (C=O) groups is 1. The number of benzene rings is 1. The van der Waals surface area contributed by atoms with E-state index in [-0.39, 0.29) is 22.8 Å². The molecule has 5 heterocycles. The molecule has 0 aliphatic heterocycles. The predicted octanol–water partition coefficient (Wildman–Crippen LogP) is 4.57. The Hall–Kier alpha value is -5.24. The van der Waals surface area contributed by atoms with Crippen LogP contribution in [0.25, 0.3) is 33.5 Å². The van der Waals surface area contributed by atoms with Gasteiger partial charge in [0.1, 0.15) is 23.0 Å². The molecular weight excluding hydrogens is 614 g/mol. The summed E-state index contributed by atoms with van der Waals surface area (Å²) in [5.41, 5.74) is 1.37. The van der Waals surface area contributed by atoms with Crippen molar-refractivity contribution < 1.29 is 13.6 Å². The summed E-state index contributed by atoms with van der Waals surface area (Å²) in [5.74, 6) is -1.53. The van der Waals surface area contributed by atoms with Crippen molar-refractivity contribution in [1.82, 2.24) is 38.8 Å². The molecule has 6 aromatic rings. The average Bonchev–Trinajstić information content (AvgIpc) is 3.50. The maximum absolute atomic E-state index is 14.4. The third-order valence-corrected chi connectivity index (χ3v) is 8.76. The van der Waals surface area contributed by atoms with Crippen molar-refractivity contribution in [3.8, 4) is 16.8 Å². The van der Waals surface area contributed by atoms with Crippen LogP contribution in [0.15, 0.2) is 88.2 Å². The summed E-state index contributed by atoms with van der Waals surface area (Å²) < 4.78 is 31.9. The van der Waals surface area contributed by atoms with Crippen LogP contribution in [-0.2, 0) is 0 Å². The second kappa shape index (κ2) is 11.9. The van der Waals surface area contributed by atoms with Crippen molar-refractivity contribution in [2.24, 2.45) is 0 Å². The van der Waals surface area contributed by atoms with Gasteiger partial charge in [-0.15, -0.1) is 0 Å². The molecule has 1 saturated carbocycles. The number of amides is 1. The summed E-state index contributed by atoms with van der Waals surface area (Å²) in [7, 11) is 0. The number of rotatable bonds is 6. The lowest BCUT2D eigenvalue weighted by atomic mass is 9.90. The summed E-state index contributed by atoms with van der Waals surface area (Å²) in [4.78, 5) is 57.8. The first-order valence-electron chi connectivity index (χ1n) is 14.5. The summed E-state index contributed by atoms with van der Waals surface area (Å²) in [6.45, 7) is 0. The SMILES string of the molecule is CSc1ncc(-c2cccc(-n3c(=O)n([C@H]4CC[C@@H](NC(=O)c5cn6cc(F)ccc6n5)CC4)c(=O)c4cc(F)cnc43)c2)cn1. The molecule has 46 heavy (non-hydrogen) atoms. The highest BCUT2D eigenvalue weighted by molar-refractivity contribution is 7.98. The molecule has 1 aliphatic rings. The monoisotopic (exact) mass is 640 g/mol. The van der Waals surface area contributed by atoms with Crippen LogP contribution in [0, 0.1) is 11.6 Å². The van der Waals surface area contributed by atoms with Crippen molar-refractivity contribution in [2.45, 2.75) is 42.9 Å². The molecule has 1 aromatic carbocycles. The van der Waals surface area contributed by atoms with E-state index in [0.717, 1.165) is 23.4 Å². The Kier molecular flexibility index (Phi) is 7.64. The molecule has 0 spiro atoms. The minimum atomic E-state index is -0.692. The van der Waals surface area contributed by atoms with Gasteiger partial charge in [-0.1, -0.05) is 23.9 Å². The molecule has 0 saturated heterocycles. The lowest BCUT2D eigenvalue weighted by Crippen LogP contribution is -2.45. The van der Waals surface area contributed by atoms with Crippen LogP contribution in [0.3, 0.4) is 0 Å². The van der Waals surface area contributed by atoms with E-state index >= 15 is 0 Å². The van der Waals surface area contributed by atoms with Crippen molar-refractivity contribution in [3.63, 3.8) is 0 Å². The van der Waals surface area contributed by atoms with Gasteiger partial charge in [-0.3, -0.25) is 14.2 Å². The van der Waals surface area contributed by atoms with Crippen LogP contribution in [-0.4, -0.2) is 51.7 Å². The molecule has 0 bridgehead atoms. The molecule has 1 aliphatic carbocycles. The number of imidazole rings is 1. The van der Waals surface area contributed by atoms with Crippen LogP contribution < -0.4 is 16.6 Å². The molecule has 232 valence electrons. The Morgan fingerprint density at radius 1 is 0.913 bits per heavy atom. The molecule has 0 unspecified atom stereocenters. The zero-order chi connectivity index (χ0) is 31.9. The molecule has 11 nitrogen and oxygen atoms in total. The number of nitrogens with one attached hydrogen (secondary N) is 1. The molecule has 0 radical (unpaired) electrons. The summed E-state index contributed by atoms with van der Waals surface area (Å²) in [5, 5.41) is 3.57. The maximum Gasteiger partial charge on any atom is 0.337 e. The smallest absolute Gasteiger partial charge is 0.337 e. The largest absolute Gasteiger partial charge is 0.348 e. The van der Waals surface area contributed by atoms with E-state index < -0.39 is 34.8 Å². The number of fused-ring (bicyclic) bond motifs is 2. The third-order valence-electron chi connectivity index (χ3n) is 8.18. The Labute approximate surface area is 264 Å². The van der Waals surface area contributed by atoms with E-state index in [2.05, 4.69) is 25.3 Å². The highest BCUT2D eigenvalue weighted by atomic mass is 32.2. The van der Waals surface area contributed by atoms with Gasteiger partial charge in [-0.05, 0) is 67.8 Å². The quantitative estimate of drug-likeness (QED) is 0.207. The number of nitrogens with zero attached hydrogens (tertiary/aromatic N) is 7. The molecular formula is C32H26F2N8O3S. The van der Waals surface area contributed by atoms with Gasteiger partial charge in [0.25, 0.3) is 11.5 Å². The van der Waals surface area contributed by atoms with Crippen LogP contribution in [0.5, 0.6) is 0 Å². The van der Waals surface area contributed by atoms with Crippen molar-refractivity contribution in [3.05, 3.63) is 112 Å². The highest BCUT2D eigenvalue weighted by Crippen LogP contribution is 2.28. The molecule has 1 fully saturated rings. The number of halogens is 2. The van der Waals surface area contributed by atoms with Gasteiger partial charge in [-0.25, -0.2) is 38.1 Å². The number of hydrogen-bond acceptors (Lipinski definition) is 8. The number of hydrogen-bond donors (Lipinski definition) is 1. The number of carbonyl (C=O) groups excluding carboxylic acids is 1. The fourth-order valence-corrected chi connectivity index (χ4v) is 6.26. The van der Waals surface area contributed by atoms with Crippen LogP contribution in [0.2, 0.25) is 0 Å². The zero-order valence-corrected chi connectivity index (χ0v) is 25.2. The Bertz CT molecular complexity index is 2240. The van der Waals surface area contributed by atoms with Crippen molar-refractivity contribution in [2.75, 3.05) is 6.26 Å². The fraction of sp³-hybridized carbons (Fsp3) is 0.219. The molecule has 1 amide bonds. The van der Waals surface area contributed by atoms with Gasteiger partial charge in [0.2, 0.25) is 0 Å². The van der Waals surface area contributed by atoms with Crippen molar-refractivity contribution >= 4 is 34.3 Å². The van der Waals surface area contributed by atoms with Gasteiger partial charge in [0.15, 0.2) is 10.8 Å². The second-order valence-corrected chi connectivity index (χ2v) is 11.8. The van der Waals surface area contributed by atoms with Crippen LogP contribution in [0.1, 0.15) is 42.2 Å². The molecule has 7 rings (SSSR count). The molecule has 5 aromatic heterocycles. The predicted molar refractivity (Wildman–Crippen MR) is 168 cm³/mol. The van der Waals surface area contributed by atoms with E-state index in [1.165, 1.54) is 49.8 Å². The van der Waals surface area contributed by atoms with Gasteiger partial charge < -0.3 is 9.72 Å². The topological polar surface area (TPSA) is 129 Å². The van der Waals surface area contributed by atoms with E-state index in [9.17, 15) is 23.2 Å². The van der Waals surface area contributed by atoms with Crippen molar-refractivity contribution in [1.29, 1.82) is 0 Å². The number of pyridine rings is 2. The Morgan fingerprint density at radius 2 is 1.70 bits per heavy atom. The van der Waals surface area contributed by atoms with Crippen LogP contribution in [0.4, 0.5) is 8.78 Å². The highest BCUT2D eigenvalue weighted by Gasteiger charge is 2.28. The van der Waals surface area contributed by atoms with Gasteiger partial charge >= 0.3 is 5.69 Å². The average molecular weight is 641 g/mol. The Balaban J connectivity index is 1.19. The number of thioether (sulfide) groups is 1. The van der Waals surface area contributed by atoms with Gasteiger partial charge in [0.05, 0.1) is 17.3 Å². The zero-order valence-electron chi connectivity index (χ0n) is 24.4. The first kappa shape index (κ1) is 29.5. The second-order valence-electron chi connectivity index (χ2n) is 11.0. The van der Waals surface area contributed by atoms with E-state index in [1.807, 2.05) is 12.3 Å². The minimum absolute atomic E-state index is 0.0172. The van der Waals surface area contributed by atoms with Gasteiger partial charge in [-0.2, -0.15) is 0 Å². The molecule has 0 atom stereocenters. The van der Waals surface area contributed by atoms with E-state index in [4.69, 9.17) is 0 Å². The third kappa shape index (κ3) is 5.44. The van der Waals surface area contributed by atoms with Crippen LogP contribution >= 0.6 is 11.8 Å². The first-order valence-corrected chi connectivity index (χ1v) is 15.8. The standard InChI is InChI=1S/C32H26F2N8O3S/c1-46-31-36-13-19(14-37-31)18-3-2-4-24(11-18)41-28-25(12-21(34)15-35-28)30(44)42(32(41)45)23-8-6-22(7-9-23)38-29(43)26-17-40-16-20(33)5-10-27(40)39-26/h2-5,10-17,22-23H,6-9H2,1H3,(H,38,43)/t22-,23+. The lowest BCUT2D eigenvalue weighted by molar-refractivity contribution is 0.0917. The Morgan fingerprint density at radius 3 is 2.46 bits per heavy atom. The minimum Gasteiger partial charge on any atom is -0.348 e. The van der Waals surface area contributed by atoms with E-state index in [0.29, 0.717) is 42.2 Å². The van der Waals surface area contributed by atoms with E-state index in [1.54, 1.807) is 30.6 Å². The first-order chi connectivity index (χ1) is 22.3. The summed E-state index contributed by atoms with van der Waals surface area (Å²) >= 11 is 1.42. The summed E-state index contributed by atoms with van der Waals surface area (Å²) in [6.07, 6.45) is 10.8. The summed E-state index contributed by atoms with van der Waals surface area (Å²) in [6, 6.07) is 10.3.